The summed E-state index contributed by atoms with van der Waals surface area (Å²) in [5.41, 5.74) is -0.667. The van der Waals surface area contributed by atoms with Crippen LogP contribution in [-0.4, -0.2) is 34.4 Å². The Hall–Kier alpha value is -3.15. The first-order valence-electron chi connectivity index (χ1n) is 11.4. The Bertz CT molecular complexity index is 1510. The van der Waals surface area contributed by atoms with Crippen molar-refractivity contribution >= 4 is 52.6 Å². The van der Waals surface area contributed by atoms with E-state index in [0.29, 0.717) is 18.3 Å². The van der Waals surface area contributed by atoms with Crippen LogP contribution in [0.3, 0.4) is 0 Å². The Labute approximate surface area is 228 Å². The summed E-state index contributed by atoms with van der Waals surface area (Å²) in [7, 11) is 0. The van der Waals surface area contributed by atoms with Gasteiger partial charge in [-0.15, -0.1) is 0 Å². The summed E-state index contributed by atoms with van der Waals surface area (Å²) in [5, 5.41) is 3.10. The molecule has 7 nitrogen and oxygen atoms in total. The van der Waals surface area contributed by atoms with E-state index in [0.717, 1.165) is 22.9 Å². The van der Waals surface area contributed by atoms with E-state index in [2.05, 4.69) is 5.32 Å². The number of H-pyrrole nitrogens is 1. The summed E-state index contributed by atoms with van der Waals surface area (Å²) in [5.74, 6) is -0.740. The van der Waals surface area contributed by atoms with Crippen molar-refractivity contribution in [2.45, 2.75) is 42.0 Å². The number of nitrogens with zero attached hydrogens (tertiary/aromatic N) is 2. The molecule has 198 valence electrons. The number of benzene rings is 2. The van der Waals surface area contributed by atoms with E-state index in [9.17, 15) is 27.6 Å². The van der Waals surface area contributed by atoms with Crippen molar-refractivity contribution in [1.29, 1.82) is 0 Å². The zero-order chi connectivity index (χ0) is 27.4. The van der Waals surface area contributed by atoms with Gasteiger partial charge in [-0.2, -0.15) is 13.2 Å². The number of nitrogens with one attached hydrogen (secondary N) is 2. The lowest BCUT2D eigenvalue weighted by atomic mass is 10.1. The van der Waals surface area contributed by atoms with Gasteiger partial charge in [0, 0.05) is 35.1 Å². The topological polar surface area (TPSA) is 85.5 Å². The smallest absolute Gasteiger partial charge is 0.336 e. The largest absolute Gasteiger partial charge is 0.431 e. The number of anilines is 1. The number of carbonyl (C=O) groups excluding carboxylic acids is 2. The van der Waals surface area contributed by atoms with Gasteiger partial charge >= 0.3 is 12.2 Å². The van der Waals surface area contributed by atoms with Gasteiger partial charge in [0.15, 0.2) is 0 Å². The van der Waals surface area contributed by atoms with E-state index in [1.807, 2.05) is 6.92 Å². The zero-order valence-electron chi connectivity index (χ0n) is 19.7. The Morgan fingerprint density at radius 3 is 2.37 bits per heavy atom. The first-order chi connectivity index (χ1) is 17.9. The van der Waals surface area contributed by atoms with Crippen molar-refractivity contribution in [3.63, 3.8) is 0 Å². The second-order valence-electron chi connectivity index (χ2n) is 8.92. The van der Waals surface area contributed by atoms with Crippen LogP contribution in [0.2, 0.25) is 10.0 Å². The number of carbonyl (C=O) groups is 2. The van der Waals surface area contributed by atoms with E-state index < -0.39 is 28.9 Å². The lowest BCUT2D eigenvalue weighted by molar-refractivity contribution is -0.141. The van der Waals surface area contributed by atoms with Crippen LogP contribution in [0.5, 0.6) is 0 Å². The van der Waals surface area contributed by atoms with Crippen LogP contribution in [0, 0.1) is 0 Å². The number of hydrogen-bond acceptors (Lipinski definition) is 4. The van der Waals surface area contributed by atoms with Gasteiger partial charge < -0.3 is 15.2 Å². The Morgan fingerprint density at radius 2 is 1.74 bits per heavy atom. The molecule has 2 aromatic carbocycles. The van der Waals surface area contributed by atoms with E-state index in [1.165, 1.54) is 17.0 Å². The maximum absolute atomic E-state index is 13.6. The number of fused-ring (bicyclic) bond motifs is 1. The fourth-order valence-corrected chi connectivity index (χ4v) is 6.12. The molecule has 1 saturated heterocycles. The quantitative estimate of drug-likeness (QED) is 0.399. The molecule has 0 bridgehead atoms. The van der Waals surface area contributed by atoms with E-state index >= 15 is 0 Å². The molecule has 1 unspecified atom stereocenters. The summed E-state index contributed by atoms with van der Waals surface area (Å²) in [6.07, 6.45) is -4.85. The number of amides is 3. The molecule has 0 spiro atoms. The highest BCUT2D eigenvalue weighted by Gasteiger charge is 2.36. The fraction of sp³-hybridized carbons (Fsp3) is 0.240. The molecular formula is C25H19Cl2F3N4O3S. The highest BCUT2D eigenvalue weighted by Crippen LogP contribution is 2.41. The minimum absolute atomic E-state index is 0.0541. The number of aromatic nitrogens is 1. The fourth-order valence-electron chi connectivity index (χ4n) is 4.48. The molecule has 38 heavy (non-hydrogen) atoms. The molecule has 2 aliphatic heterocycles. The maximum atomic E-state index is 13.6. The van der Waals surface area contributed by atoms with Gasteiger partial charge in [0.05, 0.1) is 16.1 Å². The van der Waals surface area contributed by atoms with Crippen LogP contribution in [0.4, 0.5) is 23.7 Å². The van der Waals surface area contributed by atoms with Gasteiger partial charge in [-0.05, 0) is 48.4 Å². The number of rotatable bonds is 4. The van der Waals surface area contributed by atoms with E-state index in [4.69, 9.17) is 23.2 Å². The number of urea groups is 1. The summed E-state index contributed by atoms with van der Waals surface area (Å²) in [6.45, 7) is 2.67. The van der Waals surface area contributed by atoms with Crippen LogP contribution in [-0.2, 0) is 19.3 Å². The highest BCUT2D eigenvalue weighted by atomic mass is 35.5. The van der Waals surface area contributed by atoms with Crippen LogP contribution >= 0.6 is 35.0 Å². The van der Waals surface area contributed by atoms with Crippen LogP contribution in [0.25, 0.3) is 0 Å². The van der Waals surface area contributed by atoms with Crippen molar-refractivity contribution in [1.82, 2.24) is 15.2 Å². The van der Waals surface area contributed by atoms with Crippen LogP contribution < -0.4 is 15.8 Å². The molecule has 0 saturated carbocycles. The molecule has 0 aliphatic carbocycles. The summed E-state index contributed by atoms with van der Waals surface area (Å²) in [6, 6.07) is 10.4. The van der Waals surface area contributed by atoms with Gasteiger partial charge in [0.1, 0.15) is 11.3 Å². The third kappa shape index (κ3) is 4.85. The number of pyridine rings is 1. The summed E-state index contributed by atoms with van der Waals surface area (Å²) in [4.78, 5) is 43.5. The molecule has 2 aliphatic rings. The molecule has 1 atom stereocenters. The van der Waals surface area contributed by atoms with Crippen molar-refractivity contribution in [2.75, 3.05) is 11.4 Å². The summed E-state index contributed by atoms with van der Waals surface area (Å²) < 4.78 is 40.6. The van der Waals surface area contributed by atoms with Crippen LogP contribution in [0.1, 0.15) is 34.1 Å². The van der Waals surface area contributed by atoms with Gasteiger partial charge in [-0.1, -0.05) is 47.1 Å². The third-order valence-electron chi connectivity index (χ3n) is 6.33. The Kier molecular flexibility index (Phi) is 6.87. The minimum Gasteiger partial charge on any atom is -0.336 e. The Balaban J connectivity index is 1.50. The molecular weight excluding hydrogens is 564 g/mol. The lowest BCUT2D eigenvalue weighted by Gasteiger charge is -2.20. The van der Waals surface area contributed by atoms with Gasteiger partial charge in [0.25, 0.3) is 11.5 Å². The van der Waals surface area contributed by atoms with Gasteiger partial charge in [-0.3, -0.25) is 14.5 Å². The van der Waals surface area contributed by atoms with E-state index in [1.54, 1.807) is 34.1 Å². The SMILES string of the molecule is CC1CNC(=O)N1c1ccc2c(c1)CN(C(=O)c1c(Sc3c(Cl)cccc3Cl)cc(C(F)(F)F)[nH]c1=O)C2. The number of alkyl halides is 3. The highest BCUT2D eigenvalue weighted by molar-refractivity contribution is 7.99. The maximum Gasteiger partial charge on any atom is 0.431 e. The third-order valence-corrected chi connectivity index (χ3v) is 8.37. The normalized spacial score (nSPS) is 17.1. The molecule has 1 fully saturated rings. The van der Waals surface area contributed by atoms with Gasteiger partial charge in [-0.25, -0.2) is 4.79 Å². The molecule has 1 aromatic heterocycles. The molecule has 3 amide bonds. The summed E-state index contributed by atoms with van der Waals surface area (Å²) >= 11 is 13.2. The second kappa shape index (κ2) is 9.87. The Morgan fingerprint density at radius 1 is 1.05 bits per heavy atom. The van der Waals surface area contributed by atoms with Crippen molar-refractivity contribution < 1.29 is 22.8 Å². The average Bonchev–Trinajstić information content (AvgIpc) is 3.42. The number of hydrogen-bond donors (Lipinski definition) is 2. The van der Waals surface area contributed by atoms with Crippen molar-refractivity contribution in [3.05, 3.63) is 85.2 Å². The van der Waals surface area contributed by atoms with Crippen molar-refractivity contribution in [3.8, 4) is 0 Å². The lowest BCUT2D eigenvalue weighted by Crippen LogP contribution is -2.33. The molecule has 3 heterocycles. The molecule has 13 heteroatoms. The van der Waals surface area contributed by atoms with Crippen LogP contribution in [0.15, 0.2) is 57.1 Å². The average molecular weight is 583 g/mol. The molecule has 2 N–H and O–H groups in total. The van der Waals surface area contributed by atoms with E-state index in [-0.39, 0.29) is 45.0 Å². The molecule has 3 aromatic rings. The second-order valence-corrected chi connectivity index (χ2v) is 10.8. The van der Waals surface area contributed by atoms with Crippen molar-refractivity contribution in [2.24, 2.45) is 0 Å². The zero-order valence-corrected chi connectivity index (χ0v) is 22.0. The number of halogens is 5. The standard InChI is InChI=1S/C25H19Cl2F3N4O3S/c1-12-9-31-24(37)34(12)15-6-5-13-10-33(11-14(13)7-15)23(36)20-18(8-19(25(28,29)30)32-22(20)35)38-21-16(26)3-2-4-17(21)27/h2-8,12H,9-11H2,1H3,(H,31,37)(H,32,35). The molecule has 0 radical (unpaired) electrons. The predicted octanol–water partition coefficient (Wildman–Crippen LogP) is 5.93. The molecule has 5 rings (SSSR count). The first-order valence-corrected chi connectivity index (χ1v) is 13.0. The van der Waals surface area contributed by atoms with Gasteiger partial charge in [0.2, 0.25) is 0 Å². The first kappa shape index (κ1) is 26.5. The predicted molar refractivity (Wildman–Crippen MR) is 138 cm³/mol. The minimum atomic E-state index is -4.85. The monoisotopic (exact) mass is 582 g/mol. The number of aromatic amines is 1.